The van der Waals surface area contributed by atoms with E-state index in [-0.39, 0.29) is 19.0 Å². The molecule has 0 unspecified atom stereocenters. The van der Waals surface area contributed by atoms with Crippen LogP contribution < -0.4 is 0 Å². The van der Waals surface area contributed by atoms with Crippen molar-refractivity contribution in [2.45, 2.75) is 18.6 Å². The Balaban J connectivity index is 2.60. The maximum atomic E-state index is 13.4. The molecular formula is C14H17FO2S. The standard InChI is InChI=1S/C14H17FO2S/c15-14-6-5-12(11-18-9-3-8-17)10-13(14)4-1-2-7-16/h5-6,10,16-17H,2-3,7-9,11H2. The van der Waals surface area contributed by atoms with Crippen LogP contribution in [0.1, 0.15) is 24.0 Å². The number of benzene rings is 1. The first-order chi connectivity index (χ1) is 8.77. The molecule has 98 valence electrons. The quantitative estimate of drug-likeness (QED) is 0.613. The van der Waals surface area contributed by atoms with Gasteiger partial charge in [-0.1, -0.05) is 17.9 Å². The molecule has 18 heavy (non-hydrogen) atoms. The number of aliphatic hydroxyl groups excluding tert-OH is 2. The molecule has 2 N–H and O–H groups in total. The number of hydrogen-bond donors (Lipinski definition) is 2. The van der Waals surface area contributed by atoms with E-state index in [1.165, 1.54) is 6.07 Å². The number of aliphatic hydroxyl groups is 2. The molecule has 0 heterocycles. The van der Waals surface area contributed by atoms with Crippen molar-refractivity contribution in [1.82, 2.24) is 0 Å². The van der Waals surface area contributed by atoms with Crippen molar-refractivity contribution in [3.05, 3.63) is 35.1 Å². The third-order valence-corrected chi connectivity index (χ3v) is 3.32. The first-order valence-corrected chi connectivity index (χ1v) is 7.00. The highest BCUT2D eigenvalue weighted by Gasteiger charge is 2.01. The minimum absolute atomic E-state index is 0.00861. The van der Waals surface area contributed by atoms with E-state index >= 15 is 0 Å². The van der Waals surface area contributed by atoms with E-state index in [4.69, 9.17) is 10.2 Å². The molecule has 0 atom stereocenters. The van der Waals surface area contributed by atoms with Gasteiger partial charge in [0.05, 0.1) is 12.2 Å². The maximum absolute atomic E-state index is 13.4. The Labute approximate surface area is 111 Å². The van der Waals surface area contributed by atoms with Crippen LogP contribution in [0.5, 0.6) is 0 Å². The highest BCUT2D eigenvalue weighted by atomic mass is 32.2. The van der Waals surface area contributed by atoms with Crippen LogP contribution in [0.25, 0.3) is 0 Å². The molecule has 1 aromatic carbocycles. The molecule has 0 bridgehead atoms. The highest BCUT2D eigenvalue weighted by Crippen LogP contribution is 2.16. The molecule has 0 radical (unpaired) electrons. The molecule has 0 aliphatic heterocycles. The Morgan fingerprint density at radius 2 is 2.06 bits per heavy atom. The van der Waals surface area contributed by atoms with Gasteiger partial charge in [-0.15, -0.1) is 0 Å². The van der Waals surface area contributed by atoms with Crippen molar-refractivity contribution in [3.8, 4) is 11.8 Å². The number of halogens is 1. The predicted molar refractivity (Wildman–Crippen MR) is 72.8 cm³/mol. The fourth-order valence-electron chi connectivity index (χ4n) is 1.33. The summed E-state index contributed by atoms with van der Waals surface area (Å²) in [6, 6.07) is 4.91. The molecule has 0 aliphatic carbocycles. The van der Waals surface area contributed by atoms with Gasteiger partial charge in [-0.05, 0) is 29.9 Å². The van der Waals surface area contributed by atoms with Gasteiger partial charge in [-0.25, -0.2) is 4.39 Å². The number of rotatable bonds is 6. The molecule has 4 heteroatoms. The van der Waals surface area contributed by atoms with Crippen LogP contribution in [0, 0.1) is 17.7 Å². The summed E-state index contributed by atoms with van der Waals surface area (Å²) in [6.45, 7) is 0.194. The van der Waals surface area contributed by atoms with Gasteiger partial charge in [0.2, 0.25) is 0 Å². The SMILES string of the molecule is OCCC#Cc1cc(CSCCCO)ccc1F. The lowest BCUT2D eigenvalue weighted by Gasteiger charge is -2.02. The van der Waals surface area contributed by atoms with Gasteiger partial charge in [0, 0.05) is 18.8 Å². The van der Waals surface area contributed by atoms with Gasteiger partial charge in [-0.3, -0.25) is 0 Å². The minimum Gasteiger partial charge on any atom is -0.396 e. The van der Waals surface area contributed by atoms with Crippen molar-refractivity contribution in [2.75, 3.05) is 19.0 Å². The fourth-order valence-corrected chi connectivity index (χ4v) is 2.22. The zero-order valence-electron chi connectivity index (χ0n) is 10.2. The summed E-state index contributed by atoms with van der Waals surface area (Å²) in [5.74, 6) is 6.78. The molecule has 0 saturated heterocycles. The van der Waals surface area contributed by atoms with Gasteiger partial charge >= 0.3 is 0 Å². The topological polar surface area (TPSA) is 40.5 Å². The molecule has 1 aromatic rings. The molecule has 0 fully saturated rings. The van der Waals surface area contributed by atoms with Crippen molar-refractivity contribution in [3.63, 3.8) is 0 Å². The van der Waals surface area contributed by atoms with Gasteiger partial charge in [0.15, 0.2) is 0 Å². The Morgan fingerprint density at radius 1 is 1.22 bits per heavy atom. The molecular weight excluding hydrogens is 251 g/mol. The zero-order valence-corrected chi connectivity index (χ0v) is 11.0. The summed E-state index contributed by atoms with van der Waals surface area (Å²) >= 11 is 1.70. The van der Waals surface area contributed by atoms with Crippen molar-refractivity contribution in [2.24, 2.45) is 0 Å². The second-order valence-corrected chi connectivity index (χ2v) is 4.82. The lowest BCUT2D eigenvalue weighted by molar-refractivity contribution is 0.296. The summed E-state index contributed by atoms with van der Waals surface area (Å²) in [4.78, 5) is 0. The molecule has 2 nitrogen and oxygen atoms in total. The predicted octanol–water partition coefficient (Wildman–Crippen LogP) is 2.18. The Bertz CT molecular complexity index is 424. The number of hydrogen-bond acceptors (Lipinski definition) is 3. The third kappa shape index (κ3) is 5.54. The van der Waals surface area contributed by atoms with Gasteiger partial charge in [0.1, 0.15) is 5.82 Å². The van der Waals surface area contributed by atoms with E-state index < -0.39 is 0 Å². The van der Waals surface area contributed by atoms with Crippen molar-refractivity contribution in [1.29, 1.82) is 0 Å². The third-order valence-electron chi connectivity index (χ3n) is 2.21. The normalized spacial score (nSPS) is 9.94. The van der Waals surface area contributed by atoms with E-state index in [2.05, 4.69) is 11.8 Å². The average molecular weight is 268 g/mol. The molecule has 0 amide bonds. The van der Waals surface area contributed by atoms with Crippen molar-refractivity contribution >= 4 is 11.8 Å². The summed E-state index contributed by atoms with van der Waals surface area (Å²) < 4.78 is 13.4. The van der Waals surface area contributed by atoms with Crippen LogP contribution in [0.15, 0.2) is 18.2 Å². The van der Waals surface area contributed by atoms with Crippen LogP contribution in [0.2, 0.25) is 0 Å². The fraction of sp³-hybridized carbons (Fsp3) is 0.429. The summed E-state index contributed by atoms with van der Waals surface area (Å²) in [6.07, 6.45) is 1.13. The van der Waals surface area contributed by atoms with Crippen LogP contribution in [-0.4, -0.2) is 29.2 Å². The van der Waals surface area contributed by atoms with Gasteiger partial charge in [-0.2, -0.15) is 11.8 Å². The largest absolute Gasteiger partial charge is 0.396 e. The zero-order chi connectivity index (χ0) is 13.2. The van der Waals surface area contributed by atoms with Gasteiger partial charge < -0.3 is 10.2 Å². The highest BCUT2D eigenvalue weighted by molar-refractivity contribution is 7.98. The maximum Gasteiger partial charge on any atom is 0.138 e. The van der Waals surface area contributed by atoms with Crippen LogP contribution in [-0.2, 0) is 5.75 Å². The minimum atomic E-state index is -0.329. The first-order valence-electron chi connectivity index (χ1n) is 5.84. The van der Waals surface area contributed by atoms with E-state index in [1.807, 2.05) is 0 Å². The second-order valence-electron chi connectivity index (χ2n) is 3.72. The summed E-state index contributed by atoms with van der Waals surface area (Å²) in [5.41, 5.74) is 1.40. The Kier molecular flexibility index (Phi) is 7.51. The van der Waals surface area contributed by atoms with Gasteiger partial charge in [0.25, 0.3) is 0 Å². The lowest BCUT2D eigenvalue weighted by atomic mass is 10.1. The van der Waals surface area contributed by atoms with Crippen molar-refractivity contribution < 1.29 is 14.6 Å². The molecule has 0 aromatic heterocycles. The molecule has 1 rings (SSSR count). The summed E-state index contributed by atoms with van der Waals surface area (Å²) in [5, 5.41) is 17.3. The molecule has 0 aliphatic rings. The smallest absolute Gasteiger partial charge is 0.138 e. The monoisotopic (exact) mass is 268 g/mol. The average Bonchev–Trinajstić information content (AvgIpc) is 2.38. The van der Waals surface area contributed by atoms with E-state index in [9.17, 15) is 4.39 Å². The molecule has 0 saturated carbocycles. The Hall–Kier alpha value is -1.02. The second kappa shape index (κ2) is 8.98. The lowest BCUT2D eigenvalue weighted by Crippen LogP contribution is -1.90. The number of thioether (sulfide) groups is 1. The molecule has 0 spiro atoms. The van der Waals surface area contributed by atoms with Crippen LogP contribution in [0.3, 0.4) is 0 Å². The van der Waals surface area contributed by atoms with E-state index in [1.54, 1.807) is 23.9 Å². The van der Waals surface area contributed by atoms with E-state index in [0.717, 1.165) is 23.5 Å². The summed E-state index contributed by atoms with van der Waals surface area (Å²) in [7, 11) is 0. The van der Waals surface area contributed by atoms with Crippen LogP contribution in [0.4, 0.5) is 4.39 Å². The first kappa shape index (κ1) is 15.0. The Morgan fingerprint density at radius 3 is 2.78 bits per heavy atom. The van der Waals surface area contributed by atoms with E-state index in [0.29, 0.717) is 12.0 Å². The van der Waals surface area contributed by atoms with Crippen LogP contribution >= 0.6 is 11.8 Å².